The number of aryl methyl sites for hydroxylation is 1. The van der Waals surface area contributed by atoms with Gasteiger partial charge in [0, 0.05) is 19.6 Å². The summed E-state index contributed by atoms with van der Waals surface area (Å²) in [6.07, 6.45) is 0. The predicted octanol–water partition coefficient (Wildman–Crippen LogP) is 2.44. The van der Waals surface area contributed by atoms with Crippen LogP contribution in [-0.2, 0) is 6.54 Å². The molecule has 1 aromatic rings. The van der Waals surface area contributed by atoms with E-state index in [1.165, 1.54) is 16.7 Å². The van der Waals surface area contributed by atoms with Gasteiger partial charge in [-0.05, 0) is 42.6 Å². The Kier molecular flexibility index (Phi) is 6.16. The van der Waals surface area contributed by atoms with Gasteiger partial charge in [-0.25, -0.2) is 0 Å². The second-order valence-corrected chi connectivity index (χ2v) is 4.96. The summed E-state index contributed by atoms with van der Waals surface area (Å²) in [6, 6.07) is 4.41. The molecule has 0 aliphatic rings. The largest absolute Gasteiger partial charge is 0.496 e. The lowest BCUT2D eigenvalue weighted by Gasteiger charge is -2.16. The van der Waals surface area contributed by atoms with E-state index in [9.17, 15) is 0 Å². The molecule has 0 aliphatic carbocycles. The number of hydrogen-bond donors (Lipinski definition) is 2. The van der Waals surface area contributed by atoms with Crippen molar-refractivity contribution in [2.75, 3.05) is 27.2 Å². The van der Waals surface area contributed by atoms with Crippen molar-refractivity contribution in [2.45, 2.75) is 33.2 Å². The van der Waals surface area contributed by atoms with Gasteiger partial charge in [-0.3, -0.25) is 0 Å². The minimum atomic E-state index is 0.483. The minimum Gasteiger partial charge on any atom is -0.496 e. The first kappa shape index (κ1) is 15.0. The summed E-state index contributed by atoms with van der Waals surface area (Å²) in [5.74, 6) is 1.48. The molecule has 0 saturated carbocycles. The number of benzene rings is 1. The fourth-order valence-corrected chi connectivity index (χ4v) is 2.00. The third-order valence-corrected chi connectivity index (χ3v) is 3.18. The molecule has 2 N–H and O–H groups in total. The summed E-state index contributed by atoms with van der Waals surface area (Å²) in [5.41, 5.74) is 3.93. The van der Waals surface area contributed by atoms with E-state index in [4.69, 9.17) is 4.74 Å². The average Bonchev–Trinajstić information content (AvgIpc) is 2.35. The highest BCUT2D eigenvalue weighted by atomic mass is 16.5. The Hall–Kier alpha value is -1.06. The third kappa shape index (κ3) is 4.00. The lowest BCUT2D eigenvalue weighted by molar-refractivity contribution is 0.407. The fraction of sp³-hybridized carbons (Fsp3) is 0.600. The highest BCUT2D eigenvalue weighted by Crippen LogP contribution is 2.29. The number of ether oxygens (including phenoxy) is 1. The average molecular weight is 250 g/mol. The van der Waals surface area contributed by atoms with Crippen molar-refractivity contribution in [3.05, 3.63) is 28.8 Å². The van der Waals surface area contributed by atoms with Crippen LogP contribution in [0.1, 0.15) is 36.5 Å². The molecule has 0 bridgehead atoms. The van der Waals surface area contributed by atoms with Crippen LogP contribution in [-0.4, -0.2) is 27.2 Å². The van der Waals surface area contributed by atoms with Gasteiger partial charge in [0.1, 0.15) is 5.75 Å². The fourth-order valence-electron chi connectivity index (χ4n) is 2.00. The van der Waals surface area contributed by atoms with Gasteiger partial charge in [-0.2, -0.15) is 0 Å². The van der Waals surface area contributed by atoms with Crippen molar-refractivity contribution in [3.63, 3.8) is 0 Å². The molecule has 18 heavy (non-hydrogen) atoms. The number of hydrogen-bond acceptors (Lipinski definition) is 3. The molecule has 0 heterocycles. The summed E-state index contributed by atoms with van der Waals surface area (Å²) < 4.78 is 5.46. The van der Waals surface area contributed by atoms with Gasteiger partial charge in [-0.1, -0.05) is 19.9 Å². The molecule has 0 radical (unpaired) electrons. The molecule has 3 nitrogen and oxygen atoms in total. The Morgan fingerprint density at radius 2 is 1.94 bits per heavy atom. The van der Waals surface area contributed by atoms with Crippen molar-refractivity contribution < 1.29 is 4.74 Å². The molecule has 0 unspecified atom stereocenters. The molecule has 0 aromatic heterocycles. The molecular weight excluding hydrogens is 224 g/mol. The van der Waals surface area contributed by atoms with Gasteiger partial charge >= 0.3 is 0 Å². The molecule has 3 heteroatoms. The van der Waals surface area contributed by atoms with Crippen LogP contribution in [0.4, 0.5) is 0 Å². The molecule has 102 valence electrons. The summed E-state index contributed by atoms with van der Waals surface area (Å²) >= 11 is 0. The molecule has 0 aliphatic heterocycles. The van der Waals surface area contributed by atoms with E-state index >= 15 is 0 Å². The molecule has 0 saturated heterocycles. The topological polar surface area (TPSA) is 33.3 Å². The number of nitrogens with one attached hydrogen (secondary N) is 2. The van der Waals surface area contributed by atoms with E-state index in [0.717, 1.165) is 25.4 Å². The Labute approximate surface area is 111 Å². The molecular formula is C15H26N2O. The monoisotopic (exact) mass is 250 g/mol. The lowest BCUT2D eigenvalue weighted by Crippen LogP contribution is -2.24. The predicted molar refractivity (Wildman–Crippen MR) is 77.5 cm³/mol. The van der Waals surface area contributed by atoms with Crippen LogP contribution in [0.2, 0.25) is 0 Å². The van der Waals surface area contributed by atoms with Gasteiger partial charge in [-0.15, -0.1) is 0 Å². The zero-order valence-electron chi connectivity index (χ0n) is 12.3. The minimum absolute atomic E-state index is 0.483. The third-order valence-electron chi connectivity index (χ3n) is 3.18. The highest BCUT2D eigenvalue weighted by molar-refractivity contribution is 5.43. The van der Waals surface area contributed by atoms with E-state index in [1.54, 1.807) is 7.11 Å². The van der Waals surface area contributed by atoms with E-state index in [2.05, 4.69) is 43.5 Å². The van der Waals surface area contributed by atoms with Gasteiger partial charge in [0.15, 0.2) is 0 Å². The molecule has 0 spiro atoms. The van der Waals surface area contributed by atoms with Gasteiger partial charge in [0.05, 0.1) is 7.11 Å². The lowest BCUT2D eigenvalue weighted by atomic mass is 9.96. The SMILES string of the molecule is CNCCNCc1cc(C(C)C)c(OC)cc1C. The quantitative estimate of drug-likeness (QED) is 0.729. The molecule has 1 rings (SSSR count). The number of rotatable bonds is 7. The van der Waals surface area contributed by atoms with Crippen LogP contribution in [0.25, 0.3) is 0 Å². The standard InChI is InChI=1S/C15H26N2O/c1-11(2)14-9-13(10-17-7-6-16-4)12(3)8-15(14)18-5/h8-9,11,16-17H,6-7,10H2,1-5H3. The van der Waals surface area contributed by atoms with Crippen LogP contribution in [0, 0.1) is 6.92 Å². The maximum Gasteiger partial charge on any atom is 0.122 e. The van der Waals surface area contributed by atoms with Crippen molar-refractivity contribution in [2.24, 2.45) is 0 Å². The van der Waals surface area contributed by atoms with Crippen LogP contribution in [0.5, 0.6) is 5.75 Å². The molecule has 1 aromatic carbocycles. The van der Waals surface area contributed by atoms with E-state index in [-0.39, 0.29) is 0 Å². The second kappa shape index (κ2) is 7.39. The maximum absolute atomic E-state index is 5.46. The smallest absolute Gasteiger partial charge is 0.122 e. The summed E-state index contributed by atoms with van der Waals surface area (Å²) in [7, 11) is 3.71. The Balaban J connectivity index is 2.81. The Morgan fingerprint density at radius 1 is 1.22 bits per heavy atom. The Bertz CT molecular complexity index is 375. The first-order valence-corrected chi connectivity index (χ1v) is 6.62. The van der Waals surface area contributed by atoms with Crippen molar-refractivity contribution in [3.8, 4) is 5.75 Å². The summed E-state index contributed by atoms with van der Waals surface area (Å²) in [4.78, 5) is 0. The Morgan fingerprint density at radius 3 is 2.50 bits per heavy atom. The van der Waals surface area contributed by atoms with Crippen LogP contribution < -0.4 is 15.4 Å². The first-order chi connectivity index (χ1) is 8.60. The highest BCUT2D eigenvalue weighted by Gasteiger charge is 2.10. The molecule has 0 amide bonds. The maximum atomic E-state index is 5.46. The van der Waals surface area contributed by atoms with Gasteiger partial charge < -0.3 is 15.4 Å². The van der Waals surface area contributed by atoms with Crippen LogP contribution in [0.15, 0.2) is 12.1 Å². The summed E-state index contributed by atoms with van der Waals surface area (Å²) in [6.45, 7) is 9.43. The first-order valence-electron chi connectivity index (χ1n) is 6.62. The normalized spacial score (nSPS) is 11.0. The van der Waals surface area contributed by atoms with Gasteiger partial charge in [0.25, 0.3) is 0 Å². The van der Waals surface area contributed by atoms with Crippen LogP contribution >= 0.6 is 0 Å². The zero-order valence-corrected chi connectivity index (χ0v) is 12.3. The van der Waals surface area contributed by atoms with E-state index < -0.39 is 0 Å². The van der Waals surface area contributed by atoms with E-state index in [0.29, 0.717) is 5.92 Å². The second-order valence-electron chi connectivity index (χ2n) is 4.96. The van der Waals surface area contributed by atoms with Gasteiger partial charge in [0.2, 0.25) is 0 Å². The number of likely N-dealkylation sites (N-methyl/N-ethyl adjacent to an activating group) is 1. The van der Waals surface area contributed by atoms with Crippen molar-refractivity contribution in [1.82, 2.24) is 10.6 Å². The van der Waals surface area contributed by atoms with E-state index in [1.807, 2.05) is 7.05 Å². The molecule has 0 fully saturated rings. The van der Waals surface area contributed by atoms with Crippen molar-refractivity contribution >= 4 is 0 Å². The van der Waals surface area contributed by atoms with Crippen LogP contribution in [0.3, 0.4) is 0 Å². The number of methoxy groups -OCH3 is 1. The zero-order chi connectivity index (χ0) is 13.5. The van der Waals surface area contributed by atoms with Crippen molar-refractivity contribution in [1.29, 1.82) is 0 Å². The summed E-state index contributed by atoms with van der Waals surface area (Å²) in [5, 5.41) is 6.58. The molecule has 0 atom stereocenters.